The van der Waals surface area contributed by atoms with Crippen molar-refractivity contribution in [2.24, 2.45) is 0 Å². The van der Waals surface area contributed by atoms with E-state index in [1.54, 1.807) is 19.1 Å². The van der Waals surface area contributed by atoms with Crippen molar-refractivity contribution in [1.82, 2.24) is 0 Å². The Hall–Kier alpha value is -1.68. The Bertz CT molecular complexity index is 604. The van der Waals surface area contributed by atoms with Crippen molar-refractivity contribution in [2.45, 2.75) is 20.8 Å². The summed E-state index contributed by atoms with van der Waals surface area (Å²) in [5, 5.41) is 4.74. The van der Waals surface area contributed by atoms with Crippen molar-refractivity contribution in [2.75, 3.05) is 5.32 Å². The van der Waals surface area contributed by atoms with Crippen molar-refractivity contribution in [3.63, 3.8) is 0 Å². The van der Waals surface area contributed by atoms with Crippen molar-refractivity contribution < 1.29 is 9.18 Å². The molecule has 2 nitrogen and oxygen atoms in total. The number of nitrogens with one attached hydrogen (secondary N) is 1. The second-order valence-corrected chi connectivity index (χ2v) is 5.17. The monoisotopic (exact) mass is 263 g/mol. The molecule has 0 atom stereocenters. The lowest BCUT2D eigenvalue weighted by Gasteiger charge is -2.06. The van der Waals surface area contributed by atoms with Crippen LogP contribution in [0, 0.1) is 26.6 Å². The minimum atomic E-state index is -0.267. The third-order valence-electron chi connectivity index (χ3n) is 2.91. The number of hydrogen-bond acceptors (Lipinski definition) is 2. The van der Waals surface area contributed by atoms with Gasteiger partial charge in [0, 0.05) is 5.69 Å². The average molecular weight is 263 g/mol. The van der Waals surface area contributed by atoms with Crippen molar-refractivity contribution in [1.29, 1.82) is 0 Å². The van der Waals surface area contributed by atoms with Crippen LogP contribution in [-0.4, -0.2) is 5.91 Å². The molecule has 1 amide bonds. The molecule has 2 rings (SSSR count). The highest BCUT2D eigenvalue weighted by atomic mass is 32.1. The van der Waals surface area contributed by atoms with E-state index in [1.807, 2.05) is 19.2 Å². The van der Waals surface area contributed by atoms with Crippen molar-refractivity contribution >= 4 is 22.9 Å². The zero-order valence-corrected chi connectivity index (χ0v) is 11.3. The van der Waals surface area contributed by atoms with Gasteiger partial charge in [0.05, 0.1) is 4.88 Å². The second-order valence-electron chi connectivity index (χ2n) is 4.29. The van der Waals surface area contributed by atoms with Crippen LogP contribution in [-0.2, 0) is 0 Å². The van der Waals surface area contributed by atoms with Gasteiger partial charge < -0.3 is 5.32 Å². The molecule has 0 radical (unpaired) electrons. The molecule has 0 bridgehead atoms. The summed E-state index contributed by atoms with van der Waals surface area (Å²) in [6.45, 7) is 5.58. The summed E-state index contributed by atoms with van der Waals surface area (Å²) < 4.78 is 13.1. The first-order valence-corrected chi connectivity index (χ1v) is 6.49. The normalized spacial score (nSPS) is 10.4. The Labute approximate surface area is 109 Å². The van der Waals surface area contributed by atoms with Gasteiger partial charge in [-0.05, 0) is 61.0 Å². The molecule has 18 heavy (non-hydrogen) atoms. The van der Waals surface area contributed by atoms with E-state index in [-0.39, 0.29) is 11.7 Å². The number of anilines is 1. The molecule has 0 aliphatic carbocycles. The van der Waals surface area contributed by atoms with Crippen LogP contribution in [0.1, 0.15) is 26.4 Å². The summed E-state index contributed by atoms with van der Waals surface area (Å²) in [6, 6.07) is 4.55. The predicted octanol–water partition coefficient (Wildman–Crippen LogP) is 4.06. The summed E-state index contributed by atoms with van der Waals surface area (Å²) in [5.74, 6) is -0.409. The van der Waals surface area contributed by atoms with Crippen LogP contribution in [0.2, 0.25) is 0 Å². The maximum absolute atomic E-state index is 13.1. The minimum Gasteiger partial charge on any atom is -0.321 e. The van der Waals surface area contributed by atoms with E-state index in [9.17, 15) is 9.18 Å². The number of carbonyl (C=O) groups excluding carboxylic acids is 1. The predicted molar refractivity (Wildman–Crippen MR) is 72.9 cm³/mol. The molecule has 0 spiro atoms. The maximum Gasteiger partial charge on any atom is 0.266 e. The lowest BCUT2D eigenvalue weighted by molar-refractivity contribution is 0.103. The summed E-state index contributed by atoms with van der Waals surface area (Å²) in [5.41, 5.74) is 3.24. The number of carbonyl (C=O) groups is 1. The van der Waals surface area contributed by atoms with Crippen molar-refractivity contribution in [3.8, 4) is 0 Å². The molecule has 0 aliphatic rings. The van der Waals surface area contributed by atoms with Gasteiger partial charge in [-0.1, -0.05) is 0 Å². The minimum absolute atomic E-state index is 0.142. The highest BCUT2D eigenvalue weighted by Crippen LogP contribution is 2.22. The molecule has 2 aromatic rings. The smallest absolute Gasteiger partial charge is 0.266 e. The molecule has 0 saturated carbocycles. The number of rotatable bonds is 2. The highest BCUT2D eigenvalue weighted by Gasteiger charge is 2.13. The summed E-state index contributed by atoms with van der Waals surface area (Å²) in [4.78, 5) is 12.8. The molecular formula is C14H14FNOS. The lowest BCUT2D eigenvalue weighted by atomic mass is 10.2. The van der Waals surface area contributed by atoms with E-state index in [0.29, 0.717) is 16.1 Å². The van der Waals surface area contributed by atoms with Crippen LogP contribution >= 0.6 is 11.3 Å². The Morgan fingerprint density at radius 2 is 1.94 bits per heavy atom. The third-order valence-corrected chi connectivity index (χ3v) is 4.11. The van der Waals surface area contributed by atoms with E-state index >= 15 is 0 Å². The standard InChI is InChI=1S/C14H14FNOS/c1-8-6-11(4-5-12(8)15)16-14(17)13-10(3)9(2)7-18-13/h4-7H,1-3H3,(H,16,17). The Morgan fingerprint density at radius 3 is 2.50 bits per heavy atom. The topological polar surface area (TPSA) is 29.1 Å². The fourth-order valence-corrected chi connectivity index (χ4v) is 2.60. The molecule has 1 N–H and O–H groups in total. The first-order valence-electron chi connectivity index (χ1n) is 5.61. The number of benzene rings is 1. The highest BCUT2D eigenvalue weighted by molar-refractivity contribution is 7.12. The summed E-state index contributed by atoms with van der Waals surface area (Å²) in [6.07, 6.45) is 0. The van der Waals surface area contributed by atoms with Crippen LogP contribution in [0.4, 0.5) is 10.1 Å². The van der Waals surface area contributed by atoms with Crippen LogP contribution in [0.25, 0.3) is 0 Å². The molecule has 1 aromatic heterocycles. The fraction of sp³-hybridized carbons (Fsp3) is 0.214. The Kier molecular flexibility index (Phi) is 3.48. The van der Waals surface area contributed by atoms with E-state index in [0.717, 1.165) is 11.1 Å². The Balaban J connectivity index is 2.21. The molecule has 94 valence electrons. The Morgan fingerprint density at radius 1 is 1.22 bits per heavy atom. The molecular weight excluding hydrogens is 249 g/mol. The van der Waals surface area contributed by atoms with Gasteiger partial charge in [0.15, 0.2) is 0 Å². The van der Waals surface area contributed by atoms with Gasteiger partial charge in [-0.25, -0.2) is 4.39 Å². The fourth-order valence-electron chi connectivity index (χ4n) is 1.64. The second kappa shape index (κ2) is 4.90. The molecule has 0 unspecified atom stereocenters. The number of thiophene rings is 1. The van der Waals surface area contributed by atoms with Gasteiger partial charge >= 0.3 is 0 Å². The van der Waals surface area contributed by atoms with Crippen LogP contribution in [0.15, 0.2) is 23.6 Å². The van der Waals surface area contributed by atoms with Crippen LogP contribution in [0.3, 0.4) is 0 Å². The molecule has 0 aliphatic heterocycles. The lowest BCUT2D eigenvalue weighted by Crippen LogP contribution is -2.11. The number of aryl methyl sites for hydroxylation is 2. The van der Waals surface area contributed by atoms with E-state index in [2.05, 4.69) is 5.32 Å². The van der Waals surface area contributed by atoms with Gasteiger partial charge in [0.2, 0.25) is 0 Å². The summed E-state index contributed by atoms with van der Waals surface area (Å²) in [7, 11) is 0. The first kappa shape index (κ1) is 12.8. The molecule has 0 fully saturated rings. The van der Waals surface area contributed by atoms with E-state index in [1.165, 1.54) is 17.4 Å². The van der Waals surface area contributed by atoms with Crippen LogP contribution < -0.4 is 5.32 Å². The van der Waals surface area contributed by atoms with Gasteiger partial charge in [0.1, 0.15) is 5.82 Å². The van der Waals surface area contributed by atoms with E-state index < -0.39 is 0 Å². The molecule has 0 saturated heterocycles. The molecule has 1 aromatic carbocycles. The number of amides is 1. The summed E-state index contributed by atoms with van der Waals surface area (Å²) >= 11 is 1.42. The van der Waals surface area contributed by atoms with Crippen LogP contribution in [0.5, 0.6) is 0 Å². The largest absolute Gasteiger partial charge is 0.321 e. The van der Waals surface area contributed by atoms with Gasteiger partial charge in [0.25, 0.3) is 5.91 Å². The molecule has 1 heterocycles. The van der Waals surface area contributed by atoms with Gasteiger partial charge in [-0.2, -0.15) is 0 Å². The maximum atomic E-state index is 13.1. The number of halogens is 1. The number of hydrogen-bond donors (Lipinski definition) is 1. The van der Waals surface area contributed by atoms with Gasteiger partial charge in [-0.3, -0.25) is 4.79 Å². The zero-order chi connectivity index (χ0) is 13.3. The molecule has 4 heteroatoms. The third kappa shape index (κ3) is 2.43. The first-order chi connectivity index (χ1) is 8.49. The average Bonchev–Trinajstić information content (AvgIpc) is 2.65. The SMILES string of the molecule is Cc1cc(NC(=O)c2scc(C)c2C)ccc1F. The zero-order valence-electron chi connectivity index (χ0n) is 10.5. The van der Waals surface area contributed by atoms with E-state index in [4.69, 9.17) is 0 Å². The van der Waals surface area contributed by atoms with Gasteiger partial charge in [-0.15, -0.1) is 11.3 Å². The van der Waals surface area contributed by atoms with Crippen molar-refractivity contribution in [3.05, 3.63) is 51.0 Å². The quantitative estimate of drug-likeness (QED) is 0.869.